The molecule has 2 aromatic carbocycles. The van der Waals surface area contributed by atoms with Gasteiger partial charge in [0.1, 0.15) is 0 Å². The molecule has 192 valence electrons. The third kappa shape index (κ3) is 5.90. The molecule has 4 rings (SSSR count). The number of rotatable bonds is 4. The molecule has 2 aromatic rings. The van der Waals surface area contributed by atoms with Crippen LogP contribution in [0.15, 0.2) is 46.9 Å². The molecular weight excluding hydrogens is 565 g/mol. The minimum absolute atomic E-state index is 0.0554. The van der Waals surface area contributed by atoms with E-state index in [4.69, 9.17) is 23.2 Å². The normalized spacial score (nSPS) is 20.8. The highest BCUT2D eigenvalue weighted by molar-refractivity contribution is 9.10. The number of piperidine rings is 2. The molecule has 2 unspecified atom stereocenters. The molecule has 2 aliphatic rings. The molecule has 3 amide bonds. The maximum atomic E-state index is 13.5. The number of halogens is 3. The van der Waals surface area contributed by atoms with Crippen molar-refractivity contribution in [1.29, 1.82) is 0 Å². The summed E-state index contributed by atoms with van der Waals surface area (Å²) in [5, 5.41) is 0.923. The Balaban J connectivity index is 1.55. The van der Waals surface area contributed by atoms with Crippen LogP contribution in [0.4, 0.5) is 0 Å². The lowest BCUT2D eigenvalue weighted by Crippen LogP contribution is -2.53. The van der Waals surface area contributed by atoms with Gasteiger partial charge in [0, 0.05) is 68.1 Å². The van der Waals surface area contributed by atoms with Crippen molar-refractivity contribution in [3.8, 4) is 0 Å². The molecule has 36 heavy (non-hydrogen) atoms. The average molecular weight is 595 g/mol. The Morgan fingerprint density at radius 1 is 0.917 bits per heavy atom. The average Bonchev–Trinajstić information content (AvgIpc) is 2.89. The fourth-order valence-electron chi connectivity index (χ4n) is 5.32. The second-order valence-corrected chi connectivity index (χ2v) is 11.4. The van der Waals surface area contributed by atoms with Gasteiger partial charge in [-0.15, -0.1) is 0 Å². The van der Waals surface area contributed by atoms with Crippen molar-refractivity contribution in [3.05, 3.63) is 68.1 Å². The molecule has 2 fully saturated rings. The first-order valence-corrected chi connectivity index (χ1v) is 13.7. The third-order valence-electron chi connectivity index (χ3n) is 7.46. The molecule has 0 aliphatic carbocycles. The first-order chi connectivity index (χ1) is 17.2. The molecular formula is C27H30BrCl2N3O3. The van der Waals surface area contributed by atoms with Gasteiger partial charge in [-0.2, -0.15) is 0 Å². The number of likely N-dealkylation sites (tertiary alicyclic amines) is 2. The first kappa shape index (κ1) is 27.0. The van der Waals surface area contributed by atoms with E-state index in [0.29, 0.717) is 61.1 Å². The van der Waals surface area contributed by atoms with Gasteiger partial charge in [0.25, 0.3) is 5.91 Å². The van der Waals surface area contributed by atoms with Gasteiger partial charge < -0.3 is 14.7 Å². The molecule has 2 aliphatic heterocycles. The quantitative estimate of drug-likeness (QED) is 0.471. The van der Waals surface area contributed by atoms with Gasteiger partial charge in [-0.1, -0.05) is 45.2 Å². The molecule has 6 nitrogen and oxygen atoms in total. The lowest BCUT2D eigenvalue weighted by molar-refractivity contribution is -0.141. The summed E-state index contributed by atoms with van der Waals surface area (Å²) in [4.78, 5) is 44.0. The second kappa shape index (κ2) is 11.5. The van der Waals surface area contributed by atoms with Crippen LogP contribution in [-0.4, -0.2) is 71.7 Å². The van der Waals surface area contributed by atoms with Crippen LogP contribution in [0.1, 0.15) is 48.0 Å². The smallest absolute Gasteiger partial charge is 0.253 e. The second-order valence-electron chi connectivity index (χ2n) is 9.62. The topological polar surface area (TPSA) is 60.9 Å². The molecule has 0 spiro atoms. The van der Waals surface area contributed by atoms with Crippen LogP contribution in [0, 0.1) is 5.92 Å². The molecule has 0 radical (unpaired) electrons. The highest BCUT2D eigenvalue weighted by atomic mass is 79.9. The van der Waals surface area contributed by atoms with Gasteiger partial charge in [0.05, 0.1) is 10.0 Å². The molecule has 0 saturated carbocycles. The van der Waals surface area contributed by atoms with E-state index < -0.39 is 0 Å². The van der Waals surface area contributed by atoms with Gasteiger partial charge >= 0.3 is 0 Å². The summed E-state index contributed by atoms with van der Waals surface area (Å²) in [5.74, 6) is -0.0784. The van der Waals surface area contributed by atoms with Crippen molar-refractivity contribution in [2.45, 2.75) is 38.1 Å². The Labute approximate surface area is 230 Å². The summed E-state index contributed by atoms with van der Waals surface area (Å²) in [6.45, 7) is 3.87. The van der Waals surface area contributed by atoms with Crippen molar-refractivity contribution in [1.82, 2.24) is 14.7 Å². The summed E-state index contributed by atoms with van der Waals surface area (Å²) >= 11 is 16.0. The predicted octanol–water partition coefficient (Wildman–Crippen LogP) is 5.47. The lowest BCUT2D eigenvalue weighted by atomic mass is 9.83. The Bertz CT molecular complexity index is 1140. The van der Waals surface area contributed by atoms with Gasteiger partial charge in [-0.3, -0.25) is 14.4 Å². The van der Waals surface area contributed by atoms with Crippen LogP contribution in [0.2, 0.25) is 10.0 Å². The van der Waals surface area contributed by atoms with Crippen molar-refractivity contribution in [2.75, 3.05) is 33.2 Å². The zero-order valence-corrected chi connectivity index (χ0v) is 23.5. The van der Waals surface area contributed by atoms with Gasteiger partial charge in [0.15, 0.2) is 0 Å². The zero-order valence-electron chi connectivity index (χ0n) is 20.4. The summed E-state index contributed by atoms with van der Waals surface area (Å²) in [7, 11) is 1.83. The Kier molecular flexibility index (Phi) is 8.63. The first-order valence-electron chi connectivity index (χ1n) is 12.2. The lowest BCUT2D eigenvalue weighted by Gasteiger charge is -2.44. The summed E-state index contributed by atoms with van der Waals surface area (Å²) in [6.07, 6.45) is 2.01. The molecule has 0 N–H and O–H groups in total. The van der Waals surface area contributed by atoms with E-state index in [0.717, 1.165) is 10.0 Å². The van der Waals surface area contributed by atoms with Crippen molar-refractivity contribution >= 4 is 56.9 Å². The SMILES string of the molecule is CC(=O)N1CCC(C(=O)N2CCC(N(C)C(=O)c3ccc(Br)cc3)C(c3ccc(Cl)c(Cl)c3)C2)CC1. The molecule has 2 heterocycles. The standard InChI is InChI=1S/C27H30BrCl2N3O3/c1-17(34)32-12-9-19(10-13-32)27(36)33-14-11-25(22(16-33)20-5-8-23(29)24(30)15-20)31(2)26(35)18-3-6-21(28)7-4-18/h3-8,15,19,22,25H,9-14,16H2,1-2H3. The monoisotopic (exact) mass is 593 g/mol. The van der Waals surface area contributed by atoms with Crippen LogP contribution in [0.3, 0.4) is 0 Å². The Hall–Kier alpha value is -2.09. The number of benzene rings is 2. The van der Waals surface area contributed by atoms with Crippen molar-refractivity contribution in [3.63, 3.8) is 0 Å². The van der Waals surface area contributed by atoms with E-state index in [1.54, 1.807) is 22.8 Å². The Morgan fingerprint density at radius 2 is 1.56 bits per heavy atom. The number of hydrogen-bond donors (Lipinski definition) is 0. The van der Waals surface area contributed by atoms with Gasteiger partial charge in [0.2, 0.25) is 11.8 Å². The number of likely N-dealkylation sites (N-methyl/N-ethyl adjacent to an activating group) is 1. The number of hydrogen-bond acceptors (Lipinski definition) is 3. The van der Waals surface area contributed by atoms with Crippen molar-refractivity contribution < 1.29 is 14.4 Å². The minimum atomic E-state index is -0.112. The highest BCUT2D eigenvalue weighted by Crippen LogP contribution is 2.35. The van der Waals surface area contributed by atoms with Crippen LogP contribution in [-0.2, 0) is 9.59 Å². The number of carbonyl (C=O) groups excluding carboxylic acids is 3. The summed E-state index contributed by atoms with van der Waals surface area (Å²) in [5.41, 5.74) is 1.57. The molecule has 2 atom stereocenters. The zero-order chi connectivity index (χ0) is 26.0. The number of nitrogens with zero attached hydrogens (tertiary/aromatic N) is 3. The number of carbonyl (C=O) groups is 3. The maximum absolute atomic E-state index is 13.5. The fraction of sp³-hybridized carbons (Fsp3) is 0.444. The summed E-state index contributed by atoms with van der Waals surface area (Å²) in [6, 6.07) is 12.8. The largest absolute Gasteiger partial charge is 0.343 e. The summed E-state index contributed by atoms with van der Waals surface area (Å²) < 4.78 is 0.913. The van der Waals surface area contributed by atoms with E-state index in [-0.39, 0.29) is 35.6 Å². The molecule has 0 aromatic heterocycles. The van der Waals surface area contributed by atoms with Crippen LogP contribution >= 0.6 is 39.1 Å². The highest BCUT2D eigenvalue weighted by Gasteiger charge is 2.39. The third-order valence-corrected chi connectivity index (χ3v) is 8.73. The minimum Gasteiger partial charge on any atom is -0.343 e. The molecule has 2 saturated heterocycles. The van der Waals surface area contributed by atoms with Crippen LogP contribution in [0.25, 0.3) is 0 Å². The molecule has 0 bridgehead atoms. The Morgan fingerprint density at radius 3 is 2.17 bits per heavy atom. The van der Waals surface area contributed by atoms with E-state index >= 15 is 0 Å². The van der Waals surface area contributed by atoms with E-state index in [9.17, 15) is 14.4 Å². The number of amides is 3. The van der Waals surface area contributed by atoms with E-state index in [1.165, 1.54) is 0 Å². The fourth-order valence-corrected chi connectivity index (χ4v) is 5.89. The van der Waals surface area contributed by atoms with E-state index in [1.807, 2.05) is 48.3 Å². The maximum Gasteiger partial charge on any atom is 0.253 e. The predicted molar refractivity (Wildman–Crippen MR) is 145 cm³/mol. The van der Waals surface area contributed by atoms with Gasteiger partial charge in [-0.05, 0) is 61.2 Å². The van der Waals surface area contributed by atoms with Gasteiger partial charge in [-0.25, -0.2) is 0 Å². The van der Waals surface area contributed by atoms with E-state index in [2.05, 4.69) is 15.9 Å². The van der Waals surface area contributed by atoms with Crippen LogP contribution in [0.5, 0.6) is 0 Å². The van der Waals surface area contributed by atoms with Crippen LogP contribution < -0.4 is 0 Å². The molecule has 9 heteroatoms. The van der Waals surface area contributed by atoms with Crippen molar-refractivity contribution in [2.24, 2.45) is 5.92 Å².